The Bertz CT molecular complexity index is 1320. The van der Waals surface area contributed by atoms with E-state index in [1.165, 1.54) is 36.9 Å². The first-order valence-electron chi connectivity index (χ1n) is 11.5. The van der Waals surface area contributed by atoms with E-state index < -0.39 is 21.8 Å². The molecule has 13 heteroatoms. The second-order valence-corrected chi connectivity index (χ2v) is 11.2. The summed E-state index contributed by atoms with van der Waals surface area (Å²) in [5, 5.41) is 3.06. The lowest BCUT2D eigenvalue weighted by Crippen LogP contribution is -2.47. The molecule has 1 fully saturated rings. The molecule has 1 aromatic carbocycles. The Balaban J connectivity index is 1.46. The van der Waals surface area contributed by atoms with Gasteiger partial charge in [0.25, 0.3) is 10.0 Å². The van der Waals surface area contributed by atoms with Crippen molar-refractivity contribution in [2.24, 2.45) is 0 Å². The van der Waals surface area contributed by atoms with Gasteiger partial charge in [-0.3, -0.25) is 4.72 Å². The van der Waals surface area contributed by atoms with Gasteiger partial charge in [0.05, 0.1) is 10.6 Å². The quantitative estimate of drug-likeness (QED) is 0.423. The Morgan fingerprint density at radius 3 is 2.46 bits per heavy atom. The molecule has 0 aliphatic heterocycles. The third-order valence-electron chi connectivity index (χ3n) is 6.45. The second-order valence-electron chi connectivity index (χ2n) is 9.11. The van der Waals surface area contributed by atoms with E-state index in [2.05, 4.69) is 25.0 Å². The van der Waals surface area contributed by atoms with E-state index in [0.717, 1.165) is 6.07 Å². The minimum absolute atomic E-state index is 0.00778. The number of hydrogen-bond donors (Lipinski definition) is 2. The predicted molar refractivity (Wildman–Crippen MR) is 135 cm³/mol. The van der Waals surface area contributed by atoms with E-state index >= 15 is 0 Å². The van der Waals surface area contributed by atoms with Gasteiger partial charge in [-0.1, -0.05) is 17.7 Å². The Labute approximate surface area is 218 Å². The lowest BCUT2D eigenvalue weighted by atomic mass is 9.78. The molecule has 198 valence electrons. The van der Waals surface area contributed by atoms with Crippen molar-refractivity contribution in [3.05, 3.63) is 71.3 Å². The number of likely N-dealkylation sites (N-methyl/N-ethyl adjacent to an activating group) is 1. The van der Waals surface area contributed by atoms with Crippen LogP contribution in [0.15, 0.2) is 60.0 Å². The topological polar surface area (TPSA) is 100 Å². The number of anilines is 2. The zero-order valence-corrected chi connectivity index (χ0v) is 21.6. The van der Waals surface area contributed by atoms with Crippen LogP contribution in [-0.2, 0) is 16.2 Å². The molecule has 4 rings (SSSR count). The van der Waals surface area contributed by atoms with Crippen molar-refractivity contribution in [2.75, 3.05) is 24.1 Å². The van der Waals surface area contributed by atoms with Gasteiger partial charge in [0, 0.05) is 24.5 Å². The Hall–Kier alpha value is -2.96. The van der Waals surface area contributed by atoms with Crippen molar-refractivity contribution >= 4 is 33.3 Å². The number of benzene rings is 1. The van der Waals surface area contributed by atoms with Gasteiger partial charge in [-0.15, -0.1) is 0 Å². The lowest BCUT2D eigenvalue weighted by molar-refractivity contribution is -0.137. The summed E-state index contributed by atoms with van der Waals surface area (Å²) < 4.78 is 67.7. The number of hydrogen-bond acceptors (Lipinski definition) is 7. The third-order valence-corrected chi connectivity index (χ3v) is 8.12. The molecule has 37 heavy (non-hydrogen) atoms. The fraction of sp³-hybridized carbons (Fsp3) is 0.375. The molecule has 0 bridgehead atoms. The lowest BCUT2D eigenvalue weighted by Gasteiger charge is -2.40. The van der Waals surface area contributed by atoms with Crippen molar-refractivity contribution in [2.45, 2.75) is 48.3 Å². The molecule has 0 saturated heterocycles. The molecule has 0 spiro atoms. The highest BCUT2D eigenvalue weighted by atomic mass is 35.5. The van der Waals surface area contributed by atoms with Crippen molar-refractivity contribution in [1.82, 2.24) is 19.9 Å². The molecule has 2 aromatic heterocycles. The maximum atomic E-state index is 13.4. The third kappa shape index (κ3) is 6.49. The molecule has 3 unspecified atom stereocenters. The highest BCUT2D eigenvalue weighted by Gasteiger charge is 2.36. The van der Waals surface area contributed by atoms with Gasteiger partial charge in [0.2, 0.25) is 0 Å². The molecular formula is C24H26ClF3N6O2S. The monoisotopic (exact) mass is 554 g/mol. The predicted octanol–water partition coefficient (Wildman–Crippen LogP) is 5.02. The van der Waals surface area contributed by atoms with Gasteiger partial charge in [0.1, 0.15) is 22.9 Å². The number of pyridine rings is 1. The number of rotatable bonds is 7. The van der Waals surface area contributed by atoms with Gasteiger partial charge in [-0.2, -0.15) is 13.2 Å². The van der Waals surface area contributed by atoms with Gasteiger partial charge in [-0.25, -0.2) is 23.4 Å². The average Bonchev–Trinajstić information content (AvgIpc) is 2.84. The number of nitrogens with zero attached hydrogens (tertiary/aromatic N) is 4. The molecule has 2 heterocycles. The summed E-state index contributed by atoms with van der Waals surface area (Å²) in [4.78, 5) is 13.9. The summed E-state index contributed by atoms with van der Waals surface area (Å²) in [6, 6.07) is 8.58. The van der Waals surface area contributed by atoms with Gasteiger partial charge >= 0.3 is 6.18 Å². The molecule has 8 nitrogen and oxygen atoms in total. The van der Waals surface area contributed by atoms with Crippen molar-refractivity contribution in [3.63, 3.8) is 0 Å². The summed E-state index contributed by atoms with van der Waals surface area (Å²) in [5.41, 5.74) is -0.201. The zero-order chi connectivity index (χ0) is 26.8. The normalized spacial score (nSPS) is 20.6. The van der Waals surface area contributed by atoms with Crippen LogP contribution in [0.4, 0.5) is 24.8 Å². The van der Waals surface area contributed by atoms with Gasteiger partial charge < -0.3 is 10.2 Å². The van der Waals surface area contributed by atoms with E-state index in [1.54, 1.807) is 12.1 Å². The second kappa shape index (κ2) is 10.8. The number of aromatic nitrogens is 3. The standard InChI is InChI=1S/C24H26ClF3N6O2S/c1-34(2)21-12-16(15-3-6-19(25)18(11-15)24(26,27)28)4-7-20(21)32-22-8-5-17(13-30-22)37(35,36)33-23-9-10-29-14-31-23/h3,5-6,8-11,13-14,16,20-21H,4,7,12H2,1-2H3,(H,30,32)(H,29,31,33). The van der Waals surface area contributed by atoms with Crippen LogP contribution in [0.1, 0.15) is 36.3 Å². The van der Waals surface area contributed by atoms with Crippen molar-refractivity contribution in [1.29, 1.82) is 0 Å². The fourth-order valence-electron chi connectivity index (χ4n) is 4.56. The first-order chi connectivity index (χ1) is 17.4. The molecular weight excluding hydrogens is 529 g/mol. The number of nitrogens with one attached hydrogen (secondary N) is 2. The van der Waals surface area contributed by atoms with E-state index in [9.17, 15) is 21.6 Å². The molecule has 1 aliphatic rings. The Morgan fingerprint density at radius 2 is 1.84 bits per heavy atom. The van der Waals surface area contributed by atoms with Gasteiger partial charge in [-0.05, 0) is 75.2 Å². The van der Waals surface area contributed by atoms with Crippen LogP contribution < -0.4 is 10.0 Å². The van der Waals surface area contributed by atoms with Crippen LogP contribution in [0.5, 0.6) is 0 Å². The summed E-state index contributed by atoms with van der Waals surface area (Å²) >= 11 is 5.80. The maximum Gasteiger partial charge on any atom is 0.417 e. The molecule has 3 atom stereocenters. The van der Waals surface area contributed by atoms with Crippen LogP contribution in [0.25, 0.3) is 0 Å². The van der Waals surface area contributed by atoms with E-state index in [0.29, 0.717) is 30.6 Å². The fourth-order valence-corrected chi connectivity index (χ4v) is 5.74. The van der Waals surface area contributed by atoms with Crippen LogP contribution in [0.3, 0.4) is 0 Å². The molecule has 1 aliphatic carbocycles. The molecule has 1 saturated carbocycles. The summed E-state index contributed by atoms with van der Waals surface area (Å²) in [6.45, 7) is 0. The zero-order valence-electron chi connectivity index (χ0n) is 20.1. The van der Waals surface area contributed by atoms with E-state index in [1.807, 2.05) is 19.0 Å². The number of alkyl halides is 3. The number of sulfonamides is 1. The molecule has 2 N–H and O–H groups in total. The summed E-state index contributed by atoms with van der Waals surface area (Å²) in [5.74, 6) is 0.588. The Morgan fingerprint density at radius 1 is 1.05 bits per heavy atom. The molecule has 0 amide bonds. The number of halogens is 4. The molecule has 0 radical (unpaired) electrons. The van der Waals surface area contributed by atoms with Crippen LogP contribution in [0, 0.1) is 0 Å². The van der Waals surface area contributed by atoms with Crippen LogP contribution >= 0.6 is 11.6 Å². The van der Waals surface area contributed by atoms with Crippen molar-refractivity contribution < 1.29 is 21.6 Å². The van der Waals surface area contributed by atoms with Crippen LogP contribution in [0.2, 0.25) is 5.02 Å². The average molecular weight is 555 g/mol. The minimum atomic E-state index is -4.51. The summed E-state index contributed by atoms with van der Waals surface area (Å²) in [7, 11) is -0.0243. The molecule has 3 aromatic rings. The summed E-state index contributed by atoms with van der Waals surface area (Å²) in [6.07, 6.45) is 1.41. The van der Waals surface area contributed by atoms with Crippen molar-refractivity contribution in [3.8, 4) is 0 Å². The van der Waals surface area contributed by atoms with E-state index in [-0.39, 0.29) is 33.7 Å². The largest absolute Gasteiger partial charge is 0.417 e. The van der Waals surface area contributed by atoms with E-state index in [4.69, 9.17) is 11.6 Å². The maximum absolute atomic E-state index is 13.4. The highest BCUT2D eigenvalue weighted by Crippen LogP contribution is 2.40. The minimum Gasteiger partial charge on any atom is -0.366 e. The first kappa shape index (κ1) is 27.1. The highest BCUT2D eigenvalue weighted by molar-refractivity contribution is 7.92. The first-order valence-corrected chi connectivity index (χ1v) is 13.3. The Kier molecular flexibility index (Phi) is 7.91. The van der Waals surface area contributed by atoms with Gasteiger partial charge in [0.15, 0.2) is 0 Å². The smallest absolute Gasteiger partial charge is 0.366 e. The SMILES string of the molecule is CN(C)C1CC(c2ccc(Cl)c(C(F)(F)F)c2)CCC1Nc1ccc(S(=O)(=O)Nc2ccncn2)cn1. The van der Waals surface area contributed by atoms with Crippen LogP contribution in [-0.4, -0.2) is 54.4 Å².